The zero-order valence-corrected chi connectivity index (χ0v) is 20.4. The van der Waals surface area contributed by atoms with Crippen molar-refractivity contribution in [1.82, 2.24) is 20.4 Å². The van der Waals surface area contributed by atoms with Gasteiger partial charge < -0.3 is 16.0 Å². The Morgan fingerprint density at radius 1 is 1.11 bits per heavy atom. The zero-order valence-electron chi connectivity index (χ0n) is 20.4. The van der Waals surface area contributed by atoms with Crippen LogP contribution in [0.1, 0.15) is 48.7 Å². The van der Waals surface area contributed by atoms with Gasteiger partial charge >= 0.3 is 0 Å². The van der Waals surface area contributed by atoms with E-state index in [9.17, 15) is 14.4 Å². The van der Waals surface area contributed by atoms with E-state index in [0.717, 1.165) is 36.8 Å². The van der Waals surface area contributed by atoms with Crippen LogP contribution < -0.4 is 16.0 Å². The molecule has 36 heavy (non-hydrogen) atoms. The van der Waals surface area contributed by atoms with Gasteiger partial charge in [0.2, 0.25) is 5.91 Å². The monoisotopic (exact) mass is 486 g/mol. The molecule has 3 aliphatic rings. The smallest absolute Gasteiger partial charge is 0.270 e. The fraction of sp³-hybridized carbons (Fsp3) is 0.370. The second-order valence-electron chi connectivity index (χ2n) is 9.78. The predicted octanol–water partition coefficient (Wildman–Crippen LogP) is 3.04. The fourth-order valence-corrected chi connectivity index (χ4v) is 5.20. The standard InChI is InChI=1S/C27H30N6O3/c1-16-3-5-18(6-4-16)23(32-25(34)22-12-14-30-33(22)2)27(36)31-19-9-7-17(8-10-19)21-15-29-26(35)24-20(21)11-13-28-24/h7-16,18,20,23H,3-6H2,1-2H3,(H,29,35)(H,31,36)(H,32,34)/t16?,18?,20?,23-/m0/s1. The van der Waals surface area contributed by atoms with Crippen molar-refractivity contribution in [3.8, 4) is 0 Å². The van der Waals surface area contributed by atoms with E-state index in [1.165, 1.54) is 4.68 Å². The molecule has 0 bridgehead atoms. The predicted molar refractivity (Wildman–Crippen MR) is 137 cm³/mol. The van der Waals surface area contributed by atoms with E-state index in [-0.39, 0.29) is 29.6 Å². The number of aliphatic imine (C=N–C) groups is 1. The molecule has 1 aromatic heterocycles. The molecule has 2 atom stereocenters. The summed E-state index contributed by atoms with van der Waals surface area (Å²) in [4.78, 5) is 42.5. The number of hydrogen-bond donors (Lipinski definition) is 3. The van der Waals surface area contributed by atoms with Gasteiger partial charge in [-0.05, 0) is 54.0 Å². The van der Waals surface area contributed by atoms with E-state index in [4.69, 9.17) is 0 Å². The quantitative estimate of drug-likeness (QED) is 0.582. The van der Waals surface area contributed by atoms with E-state index in [2.05, 4.69) is 33.0 Å². The number of rotatable bonds is 6. The lowest BCUT2D eigenvalue weighted by Gasteiger charge is -2.32. The van der Waals surface area contributed by atoms with Gasteiger partial charge in [0, 0.05) is 31.3 Å². The van der Waals surface area contributed by atoms with Crippen LogP contribution in [-0.4, -0.2) is 39.3 Å². The van der Waals surface area contributed by atoms with Gasteiger partial charge in [-0.1, -0.05) is 38.0 Å². The first kappa shape index (κ1) is 23.7. The molecular formula is C27H30N6O3. The van der Waals surface area contributed by atoms with Crippen LogP contribution in [0.25, 0.3) is 5.57 Å². The molecule has 1 aromatic carbocycles. The molecule has 1 aliphatic carbocycles. The number of benzene rings is 1. The number of allylic oxidation sites excluding steroid dienone is 2. The van der Waals surface area contributed by atoms with E-state index in [1.807, 2.05) is 30.3 Å². The number of aryl methyl sites for hydroxylation is 1. The molecular weight excluding hydrogens is 456 g/mol. The van der Waals surface area contributed by atoms with Crippen molar-refractivity contribution in [1.29, 1.82) is 0 Å². The van der Waals surface area contributed by atoms with Crippen LogP contribution in [0.5, 0.6) is 0 Å². The molecule has 1 unspecified atom stereocenters. The number of aromatic nitrogens is 2. The maximum atomic E-state index is 13.4. The molecule has 186 valence electrons. The molecule has 3 N–H and O–H groups in total. The van der Waals surface area contributed by atoms with Crippen LogP contribution in [0.3, 0.4) is 0 Å². The van der Waals surface area contributed by atoms with Gasteiger partial charge in [0.05, 0.1) is 5.92 Å². The van der Waals surface area contributed by atoms with Crippen LogP contribution >= 0.6 is 0 Å². The Bertz CT molecular complexity index is 1260. The third-order valence-electron chi connectivity index (χ3n) is 7.35. The SMILES string of the molecule is CC1CCC([C@H](NC(=O)c2ccnn2C)C(=O)Nc2ccc(C3=CNC(=O)C4=NC=CC34)cc2)CC1. The minimum Gasteiger partial charge on any atom is -0.339 e. The van der Waals surface area contributed by atoms with E-state index in [1.54, 1.807) is 31.7 Å². The van der Waals surface area contributed by atoms with Crippen LogP contribution in [0.2, 0.25) is 0 Å². The van der Waals surface area contributed by atoms with Gasteiger partial charge in [0.25, 0.3) is 11.8 Å². The highest BCUT2D eigenvalue weighted by molar-refractivity contribution is 6.44. The maximum absolute atomic E-state index is 13.4. The molecule has 9 nitrogen and oxygen atoms in total. The molecule has 3 heterocycles. The van der Waals surface area contributed by atoms with E-state index < -0.39 is 6.04 Å². The summed E-state index contributed by atoms with van der Waals surface area (Å²) in [6.07, 6.45) is 10.7. The second kappa shape index (κ2) is 9.93. The van der Waals surface area contributed by atoms with Crippen LogP contribution in [0.15, 0.2) is 60.0 Å². The highest BCUT2D eigenvalue weighted by Crippen LogP contribution is 2.33. The number of carbonyl (C=O) groups excluding carboxylic acids is 3. The minimum atomic E-state index is -0.641. The van der Waals surface area contributed by atoms with Gasteiger partial charge in [-0.15, -0.1) is 0 Å². The lowest BCUT2D eigenvalue weighted by Crippen LogP contribution is -2.49. The third kappa shape index (κ3) is 4.73. The van der Waals surface area contributed by atoms with Crippen molar-refractivity contribution in [2.24, 2.45) is 29.8 Å². The topological polar surface area (TPSA) is 117 Å². The number of nitrogens with one attached hydrogen (secondary N) is 3. The summed E-state index contributed by atoms with van der Waals surface area (Å²) >= 11 is 0. The summed E-state index contributed by atoms with van der Waals surface area (Å²) in [5, 5.41) is 12.8. The second-order valence-corrected chi connectivity index (χ2v) is 9.78. The Labute approximate surface area is 209 Å². The number of hydrogen-bond acceptors (Lipinski definition) is 5. The molecule has 0 saturated heterocycles. The summed E-state index contributed by atoms with van der Waals surface area (Å²) < 4.78 is 1.50. The normalized spacial score (nSPS) is 23.7. The molecule has 3 amide bonds. The third-order valence-corrected chi connectivity index (χ3v) is 7.35. The lowest BCUT2D eigenvalue weighted by atomic mass is 9.79. The highest BCUT2D eigenvalue weighted by atomic mass is 16.2. The van der Waals surface area contributed by atoms with Crippen molar-refractivity contribution >= 4 is 34.7 Å². The van der Waals surface area contributed by atoms with Crippen molar-refractivity contribution in [2.45, 2.75) is 38.6 Å². The highest BCUT2D eigenvalue weighted by Gasteiger charge is 2.34. The Balaban J connectivity index is 1.31. The van der Waals surface area contributed by atoms with Crippen LogP contribution in [0.4, 0.5) is 5.69 Å². The number of fused-ring (bicyclic) bond motifs is 1. The Morgan fingerprint density at radius 3 is 2.56 bits per heavy atom. The molecule has 0 spiro atoms. The minimum absolute atomic E-state index is 0.0699. The summed E-state index contributed by atoms with van der Waals surface area (Å²) in [6, 6.07) is 8.50. The summed E-state index contributed by atoms with van der Waals surface area (Å²) in [6.45, 7) is 2.23. The number of nitrogens with zero attached hydrogens (tertiary/aromatic N) is 3. The average molecular weight is 487 g/mol. The fourth-order valence-electron chi connectivity index (χ4n) is 5.20. The van der Waals surface area contributed by atoms with Gasteiger partial charge in [-0.2, -0.15) is 5.10 Å². The van der Waals surface area contributed by atoms with E-state index in [0.29, 0.717) is 23.0 Å². The molecule has 5 rings (SSSR count). The number of anilines is 1. The van der Waals surface area contributed by atoms with Gasteiger partial charge in [-0.3, -0.25) is 24.1 Å². The maximum Gasteiger partial charge on any atom is 0.270 e. The van der Waals surface area contributed by atoms with Crippen molar-refractivity contribution in [3.05, 3.63) is 66.3 Å². The molecule has 0 radical (unpaired) electrons. The zero-order chi connectivity index (χ0) is 25.2. The largest absolute Gasteiger partial charge is 0.339 e. The molecule has 9 heteroatoms. The van der Waals surface area contributed by atoms with Crippen molar-refractivity contribution in [2.75, 3.05) is 5.32 Å². The Kier molecular flexibility index (Phi) is 6.54. The number of amides is 3. The molecule has 2 aromatic rings. The van der Waals surface area contributed by atoms with Crippen LogP contribution in [0, 0.1) is 17.8 Å². The molecule has 1 fully saturated rings. The first-order valence-corrected chi connectivity index (χ1v) is 12.4. The average Bonchev–Trinajstić information content (AvgIpc) is 3.54. The first-order valence-electron chi connectivity index (χ1n) is 12.4. The van der Waals surface area contributed by atoms with Gasteiger partial charge in [-0.25, -0.2) is 0 Å². The summed E-state index contributed by atoms with van der Waals surface area (Å²) in [5.41, 5.74) is 3.41. The first-order chi connectivity index (χ1) is 17.4. The molecule has 1 saturated carbocycles. The van der Waals surface area contributed by atoms with E-state index >= 15 is 0 Å². The lowest BCUT2D eigenvalue weighted by molar-refractivity contribution is -0.119. The summed E-state index contributed by atoms with van der Waals surface area (Å²) in [5.74, 6) is -0.189. The van der Waals surface area contributed by atoms with Crippen LogP contribution in [-0.2, 0) is 16.6 Å². The van der Waals surface area contributed by atoms with Crippen molar-refractivity contribution < 1.29 is 14.4 Å². The summed E-state index contributed by atoms with van der Waals surface area (Å²) in [7, 11) is 1.71. The Morgan fingerprint density at radius 2 is 1.86 bits per heavy atom. The number of carbonyl (C=O) groups is 3. The van der Waals surface area contributed by atoms with Gasteiger partial charge in [0.1, 0.15) is 17.4 Å². The van der Waals surface area contributed by atoms with Crippen molar-refractivity contribution in [3.63, 3.8) is 0 Å². The Hall–Kier alpha value is -4.01. The molecule has 2 aliphatic heterocycles. The van der Waals surface area contributed by atoms with Gasteiger partial charge in [0.15, 0.2) is 0 Å².